The van der Waals surface area contributed by atoms with E-state index in [2.05, 4.69) is 34.3 Å². The lowest BCUT2D eigenvalue weighted by Crippen LogP contribution is -2.21. The zero-order valence-electron chi connectivity index (χ0n) is 10.3. The van der Waals surface area contributed by atoms with Crippen molar-refractivity contribution in [1.82, 2.24) is 20.5 Å². The molecule has 5 heteroatoms. The predicted octanol–water partition coefficient (Wildman–Crippen LogP) is 1.94. The van der Waals surface area contributed by atoms with Gasteiger partial charge in [-0.1, -0.05) is 13.8 Å². The molecule has 0 saturated heterocycles. The van der Waals surface area contributed by atoms with Crippen molar-refractivity contribution in [2.24, 2.45) is 0 Å². The Balaban J connectivity index is 2.16. The minimum absolute atomic E-state index is 0.394. The summed E-state index contributed by atoms with van der Waals surface area (Å²) in [6.07, 6.45) is 1.75. The molecule has 0 amide bonds. The van der Waals surface area contributed by atoms with Gasteiger partial charge in [-0.05, 0) is 19.1 Å². The lowest BCUT2D eigenvalue weighted by molar-refractivity contribution is 0.458. The summed E-state index contributed by atoms with van der Waals surface area (Å²) in [6, 6.07) is 4.18. The van der Waals surface area contributed by atoms with E-state index in [9.17, 15) is 0 Å². The van der Waals surface area contributed by atoms with Crippen molar-refractivity contribution in [2.75, 3.05) is 0 Å². The first-order valence-electron chi connectivity index (χ1n) is 5.64. The molecule has 0 aliphatic carbocycles. The van der Waals surface area contributed by atoms with Gasteiger partial charge in [0.25, 0.3) is 0 Å². The second-order valence-electron chi connectivity index (χ2n) is 4.17. The molecule has 0 aromatic carbocycles. The van der Waals surface area contributed by atoms with Crippen molar-refractivity contribution in [2.45, 2.75) is 33.4 Å². The molecule has 0 bridgehead atoms. The van der Waals surface area contributed by atoms with Crippen molar-refractivity contribution in [3.63, 3.8) is 0 Å². The number of aromatic nitrogens is 3. The Kier molecular flexibility index (Phi) is 3.49. The Labute approximate surface area is 100 Å². The Morgan fingerprint density at radius 3 is 2.88 bits per heavy atom. The lowest BCUT2D eigenvalue weighted by atomic mass is 10.2. The Morgan fingerprint density at radius 1 is 1.35 bits per heavy atom. The SMILES string of the molecule is Cc1ncccc1-c1nnc(CNC(C)C)o1. The van der Waals surface area contributed by atoms with Crippen LogP contribution in [0.3, 0.4) is 0 Å². The van der Waals surface area contributed by atoms with Gasteiger partial charge >= 0.3 is 0 Å². The van der Waals surface area contributed by atoms with Crippen molar-refractivity contribution < 1.29 is 4.42 Å². The molecule has 1 N–H and O–H groups in total. The summed E-state index contributed by atoms with van der Waals surface area (Å²) in [6.45, 7) is 6.65. The van der Waals surface area contributed by atoms with E-state index in [1.54, 1.807) is 6.20 Å². The molecule has 0 radical (unpaired) electrons. The van der Waals surface area contributed by atoms with E-state index in [4.69, 9.17) is 4.42 Å². The first-order chi connectivity index (χ1) is 8.16. The number of hydrogen-bond donors (Lipinski definition) is 1. The fourth-order valence-corrected chi connectivity index (χ4v) is 1.44. The maximum absolute atomic E-state index is 5.58. The van der Waals surface area contributed by atoms with E-state index < -0.39 is 0 Å². The number of hydrogen-bond acceptors (Lipinski definition) is 5. The number of aryl methyl sites for hydroxylation is 1. The summed E-state index contributed by atoms with van der Waals surface area (Å²) in [5, 5.41) is 11.3. The highest BCUT2D eigenvalue weighted by atomic mass is 16.4. The molecule has 0 aliphatic heterocycles. The predicted molar refractivity (Wildman–Crippen MR) is 64.2 cm³/mol. The summed E-state index contributed by atoms with van der Waals surface area (Å²) in [5.74, 6) is 1.12. The molecule has 2 heterocycles. The molecule has 5 nitrogen and oxygen atoms in total. The van der Waals surface area contributed by atoms with E-state index in [1.165, 1.54) is 0 Å². The Hall–Kier alpha value is -1.75. The molecule has 0 unspecified atom stereocenters. The van der Waals surface area contributed by atoms with Crippen LogP contribution >= 0.6 is 0 Å². The van der Waals surface area contributed by atoms with Crippen LogP contribution in [0.1, 0.15) is 25.4 Å². The van der Waals surface area contributed by atoms with E-state index in [0.29, 0.717) is 24.4 Å². The van der Waals surface area contributed by atoms with Gasteiger partial charge in [0.05, 0.1) is 12.1 Å². The quantitative estimate of drug-likeness (QED) is 0.872. The number of nitrogens with one attached hydrogen (secondary N) is 1. The second kappa shape index (κ2) is 5.05. The van der Waals surface area contributed by atoms with Crippen LogP contribution in [0.4, 0.5) is 0 Å². The molecule has 2 rings (SSSR count). The van der Waals surface area contributed by atoms with Gasteiger partial charge in [-0.25, -0.2) is 0 Å². The molecule has 90 valence electrons. The highest BCUT2D eigenvalue weighted by molar-refractivity contribution is 5.54. The fraction of sp³-hybridized carbons (Fsp3) is 0.417. The van der Waals surface area contributed by atoms with E-state index in [0.717, 1.165) is 11.3 Å². The smallest absolute Gasteiger partial charge is 0.249 e. The van der Waals surface area contributed by atoms with E-state index >= 15 is 0 Å². The van der Waals surface area contributed by atoms with Gasteiger partial charge in [0, 0.05) is 17.9 Å². The highest BCUT2D eigenvalue weighted by Gasteiger charge is 2.10. The topological polar surface area (TPSA) is 63.8 Å². The van der Waals surface area contributed by atoms with Crippen molar-refractivity contribution in [3.05, 3.63) is 29.9 Å². The van der Waals surface area contributed by atoms with Crippen molar-refractivity contribution >= 4 is 0 Å². The van der Waals surface area contributed by atoms with Gasteiger partial charge in [-0.2, -0.15) is 0 Å². The minimum atomic E-state index is 0.394. The first-order valence-corrected chi connectivity index (χ1v) is 5.64. The van der Waals surface area contributed by atoms with Crippen molar-refractivity contribution in [1.29, 1.82) is 0 Å². The Morgan fingerprint density at radius 2 is 2.18 bits per heavy atom. The minimum Gasteiger partial charge on any atom is -0.419 e. The molecule has 0 atom stereocenters. The van der Waals surface area contributed by atoms with Crippen LogP contribution in [0, 0.1) is 6.92 Å². The second-order valence-corrected chi connectivity index (χ2v) is 4.17. The van der Waals surface area contributed by atoms with Crippen LogP contribution in [0.5, 0.6) is 0 Å². The van der Waals surface area contributed by atoms with E-state index in [-0.39, 0.29) is 0 Å². The number of nitrogens with zero attached hydrogens (tertiary/aromatic N) is 3. The van der Waals surface area contributed by atoms with Crippen LogP contribution in [-0.2, 0) is 6.54 Å². The third-order valence-electron chi connectivity index (χ3n) is 2.37. The third-order valence-corrected chi connectivity index (χ3v) is 2.37. The van der Waals surface area contributed by atoms with Crippen LogP contribution in [0.2, 0.25) is 0 Å². The van der Waals surface area contributed by atoms with Gasteiger partial charge < -0.3 is 9.73 Å². The molecule has 2 aromatic rings. The van der Waals surface area contributed by atoms with E-state index in [1.807, 2.05) is 19.1 Å². The maximum Gasteiger partial charge on any atom is 0.249 e. The summed E-state index contributed by atoms with van der Waals surface area (Å²) in [7, 11) is 0. The molecule has 0 saturated carbocycles. The summed E-state index contributed by atoms with van der Waals surface area (Å²) >= 11 is 0. The van der Waals surface area contributed by atoms with Crippen LogP contribution in [0.15, 0.2) is 22.7 Å². The number of pyridine rings is 1. The normalized spacial score (nSPS) is 11.1. The molecule has 0 spiro atoms. The largest absolute Gasteiger partial charge is 0.419 e. The summed E-state index contributed by atoms with van der Waals surface area (Å²) < 4.78 is 5.58. The average molecular weight is 232 g/mol. The lowest BCUT2D eigenvalue weighted by Gasteiger charge is -2.03. The fourth-order valence-electron chi connectivity index (χ4n) is 1.44. The van der Waals surface area contributed by atoms with Crippen LogP contribution in [-0.4, -0.2) is 21.2 Å². The standard InChI is InChI=1S/C12H16N4O/c1-8(2)14-7-11-15-16-12(17-11)10-5-4-6-13-9(10)3/h4-6,8,14H,7H2,1-3H3. The molecular formula is C12H16N4O. The molecule has 0 fully saturated rings. The summed E-state index contributed by atoms with van der Waals surface area (Å²) in [5.41, 5.74) is 1.77. The molecule has 17 heavy (non-hydrogen) atoms. The third kappa shape index (κ3) is 2.88. The molecule has 2 aromatic heterocycles. The van der Waals surface area contributed by atoms with Gasteiger partial charge in [0.15, 0.2) is 0 Å². The average Bonchev–Trinajstić information content (AvgIpc) is 2.75. The molecule has 0 aliphatic rings. The van der Waals surface area contributed by atoms with Crippen LogP contribution in [0.25, 0.3) is 11.5 Å². The first kappa shape index (κ1) is 11.7. The van der Waals surface area contributed by atoms with Gasteiger partial charge in [-0.15, -0.1) is 10.2 Å². The Bertz CT molecular complexity index is 493. The van der Waals surface area contributed by atoms with Gasteiger partial charge in [-0.3, -0.25) is 4.98 Å². The van der Waals surface area contributed by atoms with Gasteiger partial charge in [0.1, 0.15) is 0 Å². The van der Waals surface area contributed by atoms with Crippen LogP contribution < -0.4 is 5.32 Å². The monoisotopic (exact) mass is 232 g/mol. The number of rotatable bonds is 4. The zero-order chi connectivity index (χ0) is 12.3. The molecular weight excluding hydrogens is 216 g/mol. The zero-order valence-corrected chi connectivity index (χ0v) is 10.3. The van der Waals surface area contributed by atoms with Crippen molar-refractivity contribution in [3.8, 4) is 11.5 Å². The summed E-state index contributed by atoms with van der Waals surface area (Å²) in [4.78, 5) is 4.20. The highest BCUT2D eigenvalue weighted by Crippen LogP contribution is 2.19. The maximum atomic E-state index is 5.58. The van der Waals surface area contributed by atoms with Gasteiger partial charge in [0.2, 0.25) is 11.8 Å².